The van der Waals surface area contributed by atoms with Crippen molar-refractivity contribution >= 4 is 15.7 Å². The number of sulfone groups is 1. The summed E-state index contributed by atoms with van der Waals surface area (Å²) < 4.78 is 34.4. The molecule has 1 amide bonds. The first-order valence-electron chi connectivity index (χ1n) is 5.04. The monoisotopic (exact) mass is 260 g/mol. The van der Waals surface area contributed by atoms with Gasteiger partial charge in [-0.2, -0.15) is 0 Å². The normalized spacial score (nSPS) is 11.2. The van der Waals surface area contributed by atoms with Crippen molar-refractivity contribution in [2.45, 2.75) is 18.4 Å². The lowest BCUT2D eigenvalue weighted by molar-refractivity contribution is 0.0953. The topological polar surface area (TPSA) is 76.1 Å². The molecule has 0 unspecified atom stereocenters. The fourth-order valence-electron chi connectivity index (χ4n) is 1.10. The number of nitrogens with zero attached hydrogens (tertiary/aromatic N) is 1. The molecule has 0 radical (unpaired) electrons. The molecule has 1 aromatic rings. The zero-order valence-electron chi connectivity index (χ0n) is 9.31. The molecule has 0 saturated heterocycles. The second-order valence-corrected chi connectivity index (χ2v) is 5.23. The van der Waals surface area contributed by atoms with Gasteiger partial charge < -0.3 is 5.32 Å². The van der Waals surface area contributed by atoms with E-state index in [2.05, 4.69) is 10.3 Å². The Labute approximate surface area is 99.0 Å². The molecule has 1 aromatic heterocycles. The molecule has 7 heteroatoms. The number of carbonyl (C=O) groups is 1. The number of pyridine rings is 1. The Bertz CT molecular complexity index is 485. The standard InChI is InChI=1S/C10H13FN2O3S/c1-2-5-12-10(14)8-3-4-9(13-6-8)17(15,16)7-11/h3-4,6H,2,5,7H2,1H3,(H,12,14). The number of nitrogens with one attached hydrogen (secondary N) is 1. The van der Waals surface area contributed by atoms with Crippen LogP contribution in [0.5, 0.6) is 0 Å². The molecule has 0 fully saturated rings. The lowest BCUT2D eigenvalue weighted by atomic mass is 10.2. The molecule has 0 aliphatic rings. The number of carbonyl (C=O) groups excluding carboxylic acids is 1. The van der Waals surface area contributed by atoms with Crippen LogP contribution in [0.4, 0.5) is 4.39 Å². The zero-order valence-corrected chi connectivity index (χ0v) is 10.1. The minimum absolute atomic E-state index is 0.247. The molecule has 0 spiro atoms. The van der Waals surface area contributed by atoms with E-state index in [1.165, 1.54) is 6.07 Å². The predicted molar refractivity (Wildman–Crippen MR) is 60.0 cm³/mol. The van der Waals surface area contributed by atoms with Gasteiger partial charge in [0.05, 0.1) is 5.56 Å². The van der Waals surface area contributed by atoms with Crippen LogP contribution in [0.15, 0.2) is 23.4 Å². The number of halogens is 1. The first-order chi connectivity index (χ1) is 8.01. The average molecular weight is 260 g/mol. The van der Waals surface area contributed by atoms with Crippen LogP contribution >= 0.6 is 0 Å². The molecule has 0 aliphatic carbocycles. The molecule has 0 aromatic carbocycles. The largest absolute Gasteiger partial charge is 0.352 e. The van der Waals surface area contributed by atoms with Crippen molar-refractivity contribution in [3.05, 3.63) is 23.9 Å². The Balaban J connectivity index is 2.85. The van der Waals surface area contributed by atoms with Crippen LogP contribution in [-0.2, 0) is 9.84 Å². The van der Waals surface area contributed by atoms with Crippen LogP contribution in [0.3, 0.4) is 0 Å². The summed E-state index contributed by atoms with van der Waals surface area (Å²) in [5.74, 6) is -0.330. The van der Waals surface area contributed by atoms with E-state index in [4.69, 9.17) is 0 Å². The molecular formula is C10H13FN2O3S. The third kappa shape index (κ3) is 3.48. The van der Waals surface area contributed by atoms with Crippen LogP contribution in [0.1, 0.15) is 23.7 Å². The van der Waals surface area contributed by atoms with E-state index < -0.39 is 15.8 Å². The van der Waals surface area contributed by atoms with Gasteiger partial charge in [0.1, 0.15) is 0 Å². The number of hydrogen-bond donors (Lipinski definition) is 1. The summed E-state index contributed by atoms with van der Waals surface area (Å²) >= 11 is 0. The summed E-state index contributed by atoms with van der Waals surface area (Å²) in [4.78, 5) is 15.0. The van der Waals surface area contributed by atoms with Gasteiger partial charge in [0.25, 0.3) is 5.91 Å². The second kappa shape index (κ2) is 5.72. The minimum Gasteiger partial charge on any atom is -0.352 e. The predicted octanol–water partition coefficient (Wildman–Crippen LogP) is 0.922. The molecule has 1 rings (SSSR count). The third-order valence-electron chi connectivity index (χ3n) is 2.00. The van der Waals surface area contributed by atoms with E-state index in [9.17, 15) is 17.6 Å². The highest BCUT2D eigenvalue weighted by Gasteiger charge is 2.16. The summed E-state index contributed by atoms with van der Waals surface area (Å²) in [6, 6.07) is 0.928. The molecular weight excluding hydrogens is 247 g/mol. The summed E-state index contributed by atoms with van der Waals surface area (Å²) in [6.07, 6.45) is 1.92. The van der Waals surface area contributed by atoms with Crippen LogP contribution in [0.25, 0.3) is 0 Å². The van der Waals surface area contributed by atoms with Gasteiger partial charge in [-0.3, -0.25) is 4.79 Å². The highest BCUT2D eigenvalue weighted by molar-refractivity contribution is 7.91. The van der Waals surface area contributed by atoms with Gasteiger partial charge in [0, 0.05) is 12.7 Å². The van der Waals surface area contributed by atoms with E-state index in [0.717, 1.165) is 18.7 Å². The number of alkyl halides is 1. The van der Waals surface area contributed by atoms with Gasteiger partial charge in [-0.25, -0.2) is 17.8 Å². The van der Waals surface area contributed by atoms with Gasteiger partial charge in [-0.1, -0.05) is 6.92 Å². The molecule has 17 heavy (non-hydrogen) atoms. The maximum absolute atomic E-state index is 12.2. The molecule has 1 heterocycles. The Kier molecular flexibility index (Phi) is 4.56. The quantitative estimate of drug-likeness (QED) is 0.854. The third-order valence-corrected chi connectivity index (χ3v) is 3.16. The van der Waals surface area contributed by atoms with Crippen LogP contribution in [0, 0.1) is 0 Å². The Hall–Kier alpha value is -1.50. The van der Waals surface area contributed by atoms with Crippen LogP contribution in [-0.4, -0.2) is 31.9 Å². The summed E-state index contributed by atoms with van der Waals surface area (Å²) in [5.41, 5.74) is 0.247. The Morgan fingerprint density at radius 1 is 1.47 bits per heavy atom. The maximum atomic E-state index is 12.2. The second-order valence-electron chi connectivity index (χ2n) is 3.36. The summed E-state index contributed by atoms with van der Waals surface area (Å²) in [7, 11) is -3.97. The van der Waals surface area contributed by atoms with E-state index >= 15 is 0 Å². The van der Waals surface area contributed by atoms with Crippen molar-refractivity contribution in [3.63, 3.8) is 0 Å². The van der Waals surface area contributed by atoms with E-state index in [1.54, 1.807) is 0 Å². The summed E-state index contributed by atoms with van der Waals surface area (Å²) in [5, 5.41) is 2.25. The van der Waals surface area contributed by atoms with Gasteiger partial charge in [-0.15, -0.1) is 0 Å². The minimum atomic E-state index is -3.97. The van der Waals surface area contributed by atoms with Gasteiger partial charge in [0.2, 0.25) is 9.84 Å². The van der Waals surface area contributed by atoms with Crippen LogP contribution < -0.4 is 5.32 Å². The van der Waals surface area contributed by atoms with Crippen molar-refractivity contribution in [3.8, 4) is 0 Å². The fourth-order valence-corrected chi connectivity index (χ4v) is 1.70. The van der Waals surface area contributed by atoms with E-state index in [-0.39, 0.29) is 16.5 Å². The fraction of sp³-hybridized carbons (Fsp3) is 0.400. The van der Waals surface area contributed by atoms with Gasteiger partial charge in [0.15, 0.2) is 11.0 Å². The maximum Gasteiger partial charge on any atom is 0.252 e. The molecule has 0 bridgehead atoms. The number of aromatic nitrogens is 1. The van der Waals surface area contributed by atoms with Crippen molar-refractivity contribution in [1.29, 1.82) is 0 Å². The van der Waals surface area contributed by atoms with Crippen LogP contribution in [0.2, 0.25) is 0 Å². The lowest BCUT2D eigenvalue weighted by Crippen LogP contribution is -2.24. The van der Waals surface area contributed by atoms with Crippen molar-refractivity contribution in [2.75, 3.05) is 12.6 Å². The van der Waals surface area contributed by atoms with Crippen molar-refractivity contribution < 1.29 is 17.6 Å². The Morgan fingerprint density at radius 3 is 2.65 bits per heavy atom. The number of amides is 1. The highest BCUT2D eigenvalue weighted by atomic mass is 32.2. The molecule has 1 N–H and O–H groups in total. The molecule has 94 valence electrons. The lowest BCUT2D eigenvalue weighted by Gasteiger charge is -2.03. The average Bonchev–Trinajstić information content (AvgIpc) is 2.36. The molecule has 0 atom stereocenters. The zero-order chi connectivity index (χ0) is 12.9. The van der Waals surface area contributed by atoms with Gasteiger partial charge >= 0.3 is 0 Å². The SMILES string of the molecule is CCCNC(=O)c1ccc(S(=O)(=O)CF)nc1. The summed E-state index contributed by atoms with van der Waals surface area (Å²) in [6.45, 7) is 2.44. The number of rotatable bonds is 5. The van der Waals surface area contributed by atoms with Crippen molar-refractivity contribution in [2.24, 2.45) is 0 Å². The Morgan fingerprint density at radius 2 is 2.18 bits per heavy atom. The van der Waals surface area contributed by atoms with E-state index in [0.29, 0.717) is 6.54 Å². The first-order valence-corrected chi connectivity index (χ1v) is 6.69. The van der Waals surface area contributed by atoms with Gasteiger partial charge in [-0.05, 0) is 18.6 Å². The highest BCUT2D eigenvalue weighted by Crippen LogP contribution is 2.09. The van der Waals surface area contributed by atoms with Crippen molar-refractivity contribution in [1.82, 2.24) is 10.3 Å². The smallest absolute Gasteiger partial charge is 0.252 e. The molecule has 5 nitrogen and oxygen atoms in total. The molecule has 0 saturated carbocycles. The molecule has 0 aliphatic heterocycles. The number of hydrogen-bond acceptors (Lipinski definition) is 4. The first kappa shape index (κ1) is 13.6. The van der Waals surface area contributed by atoms with E-state index in [1.807, 2.05) is 6.92 Å².